The summed E-state index contributed by atoms with van der Waals surface area (Å²) in [6, 6.07) is 18.2. The van der Waals surface area contributed by atoms with E-state index < -0.39 is 0 Å². The molecule has 0 saturated carbocycles. The predicted octanol–water partition coefficient (Wildman–Crippen LogP) is 3.69. The average Bonchev–Trinajstić information content (AvgIpc) is 2.40. The summed E-state index contributed by atoms with van der Waals surface area (Å²) in [5, 5.41) is 12.7. The van der Waals surface area contributed by atoms with Crippen molar-refractivity contribution >= 4 is 17.0 Å². The van der Waals surface area contributed by atoms with Crippen LogP contribution >= 0.6 is 17.0 Å². The molecule has 3 heteroatoms. The number of hydrogen-bond donors (Lipinski definition) is 2. The van der Waals surface area contributed by atoms with Gasteiger partial charge in [-0.25, -0.2) is 0 Å². The minimum absolute atomic E-state index is 0. The maximum atomic E-state index is 9.23. The molecule has 0 fully saturated rings. The average molecular weight is 322 g/mol. The molecule has 0 aliphatic rings. The topological polar surface area (TPSA) is 32.3 Å². The van der Waals surface area contributed by atoms with Gasteiger partial charge >= 0.3 is 0 Å². The minimum Gasteiger partial charge on any atom is -0.508 e. The van der Waals surface area contributed by atoms with Gasteiger partial charge in [0.15, 0.2) is 0 Å². The summed E-state index contributed by atoms with van der Waals surface area (Å²) in [6.45, 7) is 3.07. The second-order valence-corrected chi connectivity index (χ2v) is 4.64. The number of benzene rings is 2. The van der Waals surface area contributed by atoms with E-state index in [-0.39, 0.29) is 17.0 Å². The lowest BCUT2D eigenvalue weighted by Crippen LogP contribution is -2.27. The Labute approximate surface area is 125 Å². The van der Waals surface area contributed by atoms with Crippen molar-refractivity contribution in [1.82, 2.24) is 5.32 Å². The molecule has 1 unspecified atom stereocenters. The summed E-state index contributed by atoms with van der Waals surface area (Å²) in [6.07, 6.45) is 0.965. The first-order chi connectivity index (χ1) is 8.74. The van der Waals surface area contributed by atoms with Gasteiger partial charge in [-0.05, 0) is 36.6 Å². The Bertz CT molecular complexity index is 470. The van der Waals surface area contributed by atoms with Gasteiger partial charge in [0.1, 0.15) is 5.75 Å². The van der Waals surface area contributed by atoms with Gasteiger partial charge in [-0.1, -0.05) is 42.5 Å². The lowest BCUT2D eigenvalue weighted by Gasteiger charge is -2.14. The number of nitrogens with one attached hydrogen (secondary N) is 1. The third-order valence-corrected chi connectivity index (χ3v) is 2.98. The molecule has 2 aromatic rings. The first-order valence-electron chi connectivity index (χ1n) is 6.29. The summed E-state index contributed by atoms with van der Waals surface area (Å²) in [4.78, 5) is 0. The fourth-order valence-corrected chi connectivity index (χ4v) is 1.95. The van der Waals surface area contributed by atoms with E-state index in [9.17, 15) is 5.11 Å². The van der Waals surface area contributed by atoms with Crippen LogP contribution in [0.25, 0.3) is 0 Å². The molecular formula is C16H20BrNO. The highest BCUT2D eigenvalue weighted by molar-refractivity contribution is 8.93. The summed E-state index contributed by atoms with van der Waals surface area (Å²) in [7, 11) is 0. The largest absolute Gasteiger partial charge is 0.508 e. The van der Waals surface area contributed by atoms with E-state index in [1.807, 2.05) is 18.2 Å². The van der Waals surface area contributed by atoms with Crippen molar-refractivity contribution in [2.75, 3.05) is 0 Å². The highest BCUT2D eigenvalue weighted by Gasteiger charge is 2.03. The lowest BCUT2D eigenvalue weighted by molar-refractivity contribution is 0.474. The van der Waals surface area contributed by atoms with E-state index >= 15 is 0 Å². The molecule has 0 bridgehead atoms. The van der Waals surface area contributed by atoms with Crippen LogP contribution in [0.3, 0.4) is 0 Å². The highest BCUT2D eigenvalue weighted by Crippen LogP contribution is 2.11. The first kappa shape index (κ1) is 15.7. The molecule has 2 nitrogen and oxygen atoms in total. The molecule has 0 aliphatic carbocycles. The molecule has 2 aromatic carbocycles. The van der Waals surface area contributed by atoms with E-state index in [1.165, 1.54) is 11.1 Å². The normalized spacial score (nSPS) is 11.6. The second kappa shape index (κ2) is 7.97. The third kappa shape index (κ3) is 5.45. The van der Waals surface area contributed by atoms with Gasteiger partial charge in [0.05, 0.1) is 0 Å². The van der Waals surface area contributed by atoms with Gasteiger partial charge in [-0.2, -0.15) is 0 Å². The third-order valence-electron chi connectivity index (χ3n) is 2.98. The van der Waals surface area contributed by atoms with Crippen molar-refractivity contribution < 1.29 is 5.11 Å². The van der Waals surface area contributed by atoms with E-state index in [1.54, 1.807) is 12.1 Å². The Kier molecular flexibility index (Phi) is 6.60. The van der Waals surface area contributed by atoms with Gasteiger partial charge in [0.25, 0.3) is 0 Å². The zero-order valence-electron chi connectivity index (χ0n) is 11.0. The first-order valence-corrected chi connectivity index (χ1v) is 6.29. The standard InChI is InChI=1S/C16H19NO.BrH/c1-13(11-14-7-9-16(18)10-8-14)17-12-15-5-3-2-4-6-15;/h2-10,13,17-18H,11-12H2,1H3;1H. The molecule has 0 spiro atoms. The van der Waals surface area contributed by atoms with Crippen LogP contribution in [-0.2, 0) is 13.0 Å². The van der Waals surface area contributed by atoms with E-state index in [2.05, 4.69) is 36.5 Å². The maximum Gasteiger partial charge on any atom is 0.115 e. The van der Waals surface area contributed by atoms with E-state index in [0.29, 0.717) is 11.8 Å². The fraction of sp³-hybridized carbons (Fsp3) is 0.250. The molecule has 2 rings (SSSR count). The van der Waals surface area contributed by atoms with Crippen molar-refractivity contribution in [2.45, 2.75) is 25.9 Å². The Morgan fingerprint density at radius 2 is 1.58 bits per heavy atom. The zero-order chi connectivity index (χ0) is 12.8. The summed E-state index contributed by atoms with van der Waals surface area (Å²) in [5.41, 5.74) is 2.54. The molecule has 0 aliphatic heterocycles. The number of hydrogen-bond acceptors (Lipinski definition) is 2. The van der Waals surface area contributed by atoms with E-state index in [4.69, 9.17) is 0 Å². The number of phenolic OH excluding ortho intramolecular Hbond substituents is 1. The fourth-order valence-electron chi connectivity index (χ4n) is 1.95. The van der Waals surface area contributed by atoms with Crippen LogP contribution in [0.5, 0.6) is 5.75 Å². The molecule has 102 valence electrons. The molecule has 2 N–H and O–H groups in total. The Hall–Kier alpha value is -1.32. The van der Waals surface area contributed by atoms with Crippen LogP contribution in [-0.4, -0.2) is 11.1 Å². The van der Waals surface area contributed by atoms with Gasteiger partial charge in [-0.15, -0.1) is 17.0 Å². The molecule has 0 heterocycles. The predicted molar refractivity (Wildman–Crippen MR) is 84.9 cm³/mol. The van der Waals surface area contributed by atoms with Crippen LogP contribution in [0.1, 0.15) is 18.1 Å². The molecule has 0 amide bonds. The molecule has 0 aromatic heterocycles. The van der Waals surface area contributed by atoms with Crippen molar-refractivity contribution in [3.05, 3.63) is 65.7 Å². The smallest absolute Gasteiger partial charge is 0.115 e. The monoisotopic (exact) mass is 321 g/mol. The van der Waals surface area contributed by atoms with E-state index in [0.717, 1.165) is 13.0 Å². The molecule has 19 heavy (non-hydrogen) atoms. The maximum absolute atomic E-state index is 9.23. The zero-order valence-corrected chi connectivity index (χ0v) is 12.8. The summed E-state index contributed by atoms with van der Waals surface area (Å²) < 4.78 is 0. The quantitative estimate of drug-likeness (QED) is 0.880. The molecule has 0 saturated heterocycles. The molecular weight excluding hydrogens is 302 g/mol. The minimum atomic E-state index is 0. The number of rotatable bonds is 5. The van der Waals surface area contributed by atoms with Crippen LogP contribution in [0.15, 0.2) is 54.6 Å². The van der Waals surface area contributed by atoms with Gasteiger partial charge < -0.3 is 10.4 Å². The van der Waals surface area contributed by atoms with Crippen molar-refractivity contribution in [1.29, 1.82) is 0 Å². The van der Waals surface area contributed by atoms with Crippen molar-refractivity contribution in [3.8, 4) is 5.75 Å². The summed E-state index contributed by atoms with van der Waals surface area (Å²) in [5.74, 6) is 0.323. The second-order valence-electron chi connectivity index (χ2n) is 4.64. The van der Waals surface area contributed by atoms with Crippen molar-refractivity contribution in [3.63, 3.8) is 0 Å². The van der Waals surface area contributed by atoms with Crippen LogP contribution in [0, 0.1) is 0 Å². The van der Waals surface area contributed by atoms with Crippen LogP contribution < -0.4 is 5.32 Å². The number of aromatic hydroxyl groups is 1. The number of halogens is 1. The summed E-state index contributed by atoms with van der Waals surface area (Å²) >= 11 is 0. The van der Waals surface area contributed by atoms with Gasteiger partial charge in [0.2, 0.25) is 0 Å². The highest BCUT2D eigenvalue weighted by atomic mass is 79.9. The van der Waals surface area contributed by atoms with Crippen LogP contribution in [0.4, 0.5) is 0 Å². The van der Waals surface area contributed by atoms with Crippen LogP contribution in [0.2, 0.25) is 0 Å². The molecule has 1 atom stereocenters. The van der Waals surface area contributed by atoms with Gasteiger partial charge in [-0.3, -0.25) is 0 Å². The van der Waals surface area contributed by atoms with Crippen molar-refractivity contribution in [2.24, 2.45) is 0 Å². The number of phenols is 1. The van der Waals surface area contributed by atoms with Gasteiger partial charge in [0, 0.05) is 12.6 Å². The Morgan fingerprint density at radius 1 is 0.947 bits per heavy atom. The Balaban J connectivity index is 0.00000180. The molecule has 0 radical (unpaired) electrons. The Morgan fingerprint density at radius 3 is 2.21 bits per heavy atom. The lowest BCUT2D eigenvalue weighted by atomic mass is 10.1. The SMILES string of the molecule is Br.CC(Cc1ccc(O)cc1)NCc1ccccc1.